The smallest absolute Gasteiger partial charge is 0.258 e. The Morgan fingerprint density at radius 1 is 0.923 bits per heavy atom. The molecule has 1 aromatic heterocycles. The van der Waals surface area contributed by atoms with Gasteiger partial charge in [0.1, 0.15) is 0 Å². The molecular formula is C8H11NO4. The molecule has 1 aromatic rings. The van der Waals surface area contributed by atoms with Crippen molar-refractivity contribution < 1.29 is 20.4 Å². The third kappa shape index (κ3) is 1.44. The van der Waals surface area contributed by atoms with Crippen molar-refractivity contribution in [1.82, 2.24) is 4.98 Å². The number of rotatable bonds is 1. The monoisotopic (exact) mass is 185 g/mol. The molecule has 0 aliphatic rings. The van der Waals surface area contributed by atoms with Gasteiger partial charge in [-0.25, -0.2) is 4.98 Å². The van der Waals surface area contributed by atoms with Gasteiger partial charge < -0.3 is 20.4 Å². The maximum absolute atomic E-state index is 9.29. The molecule has 5 heteroatoms. The van der Waals surface area contributed by atoms with E-state index in [0.717, 1.165) is 0 Å². The van der Waals surface area contributed by atoms with Crippen LogP contribution in [0.1, 0.15) is 25.5 Å². The summed E-state index contributed by atoms with van der Waals surface area (Å²) in [6.07, 6.45) is 0. The van der Waals surface area contributed by atoms with Gasteiger partial charge in [-0.3, -0.25) is 0 Å². The van der Waals surface area contributed by atoms with Crippen LogP contribution in [0.15, 0.2) is 0 Å². The van der Waals surface area contributed by atoms with E-state index >= 15 is 0 Å². The Hall–Kier alpha value is -1.65. The average molecular weight is 185 g/mol. The van der Waals surface area contributed by atoms with E-state index in [1.165, 1.54) is 0 Å². The second-order valence-corrected chi connectivity index (χ2v) is 3.02. The summed E-state index contributed by atoms with van der Waals surface area (Å²) in [5.41, 5.74) is 0.146. The van der Waals surface area contributed by atoms with Crippen LogP contribution in [0.3, 0.4) is 0 Å². The molecule has 0 spiro atoms. The van der Waals surface area contributed by atoms with E-state index in [2.05, 4.69) is 4.98 Å². The number of aromatic nitrogens is 1. The van der Waals surface area contributed by atoms with Gasteiger partial charge in [-0.2, -0.15) is 0 Å². The minimum atomic E-state index is -0.804. The van der Waals surface area contributed by atoms with E-state index in [1.54, 1.807) is 13.8 Å². The molecule has 0 aromatic carbocycles. The quantitative estimate of drug-likeness (QED) is 0.524. The first-order chi connectivity index (χ1) is 5.95. The van der Waals surface area contributed by atoms with Gasteiger partial charge in [0, 0.05) is 0 Å². The van der Waals surface area contributed by atoms with E-state index in [9.17, 15) is 5.11 Å². The Bertz CT molecular complexity index is 335. The predicted octanol–water partition coefficient (Wildman–Crippen LogP) is 1.03. The SMILES string of the molecule is CC(C)c1nc(O)c(O)c(O)c1O. The van der Waals surface area contributed by atoms with Crippen LogP contribution in [0.25, 0.3) is 0 Å². The predicted molar refractivity (Wildman–Crippen MR) is 45.0 cm³/mol. The van der Waals surface area contributed by atoms with E-state index in [-0.39, 0.29) is 11.6 Å². The molecule has 0 atom stereocenters. The first-order valence-electron chi connectivity index (χ1n) is 3.79. The van der Waals surface area contributed by atoms with Gasteiger partial charge in [0.2, 0.25) is 11.5 Å². The molecular weight excluding hydrogens is 174 g/mol. The summed E-state index contributed by atoms with van der Waals surface area (Å²) in [4.78, 5) is 3.53. The number of aromatic hydroxyl groups is 4. The molecule has 0 radical (unpaired) electrons. The molecule has 13 heavy (non-hydrogen) atoms. The van der Waals surface area contributed by atoms with Crippen LogP contribution in [0.4, 0.5) is 0 Å². The van der Waals surface area contributed by atoms with Gasteiger partial charge in [-0.1, -0.05) is 13.8 Å². The van der Waals surface area contributed by atoms with Crippen LogP contribution in [0, 0.1) is 0 Å². The highest BCUT2D eigenvalue weighted by atomic mass is 16.3. The van der Waals surface area contributed by atoms with Gasteiger partial charge in [0.25, 0.3) is 5.88 Å². The molecule has 4 N–H and O–H groups in total. The van der Waals surface area contributed by atoms with Crippen molar-refractivity contribution in [3.8, 4) is 23.1 Å². The van der Waals surface area contributed by atoms with Crippen molar-refractivity contribution in [1.29, 1.82) is 0 Å². The Labute approximate surface area is 74.9 Å². The third-order valence-corrected chi connectivity index (χ3v) is 1.68. The Morgan fingerprint density at radius 2 is 1.46 bits per heavy atom. The third-order valence-electron chi connectivity index (χ3n) is 1.68. The minimum absolute atomic E-state index is 0.146. The van der Waals surface area contributed by atoms with Gasteiger partial charge >= 0.3 is 0 Å². The largest absolute Gasteiger partial charge is 0.503 e. The van der Waals surface area contributed by atoms with Crippen molar-refractivity contribution in [3.63, 3.8) is 0 Å². The first-order valence-corrected chi connectivity index (χ1v) is 3.79. The summed E-state index contributed by atoms with van der Waals surface area (Å²) in [5, 5.41) is 36.4. The van der Waals surface area contributed by atoms with Gasteiger partial charge in [0.15, 0.2) is 5.75 Å². The fourth-order valence-corrected chi connectivity index (χ4v) is 0.962. The lowest BCUT2D eigenvalue weighted by molar-refractivity contribution is 0.331. The lowest BCUT2D eigenvalue weighted by atomic mass is 10.1. The number of pyridine rings is 1. The summed E-state index contributed by atoms with van der Waals surface area (Å²) in [6.45, 7) is 3.47. The number of hydrogen-bond acceptors (Lipinski definition) is 5. The van der Waals surface area contributed by atoms with Crippen LogP contribution in [0.2, 0.25) is 0 Å². The van der Waals surface area contributed by atoms with Gasteiger partial charge in [-0.05, 0) is 5.92 Å². The maximum atomic E-state index is 9.29. The summed E-state index contributed by atoms with van der Waals surface area (Å²) in [7, 11) is 0. The minimum Gasteiger partial charge on any atom is -0.503 e. The first kappa shape index (κ1) is 9.44. The number of nitrogens with zero attached hydrogens (tertiary/aromatic N) is 1. The van der Waals surface area contributed by atoms with Gasteiger partial charge in [0.05, 0.1) is 5.69 Å². The molecule has 1 heterocycles. The molecule has 0 saturated heterocycles. The fraction of sp³-hybridized carbons (Fsp3) is 0.375. The lowest BCUT2D eigenvalue weighted by Crippen LogP contribution is -1.93. The summed E-state index contributed by atoms with van der Waals surface area (Å²) >= 11 is 0. The maximum Gasteiger partial charge on any atom is 0.258 e. The van der Waals surface area contributed by atoms with E-state index in [4.69, 9.17) is 15.3 Å². The highest BCUT2D eigenvalue weighted by molar-refractivity contribution is 5.55. The number of hydrogen-bond donors (Lipinski definition) is 4. The topological polar surface area (TPSA) is 93.8 Å². The molecule has 1 rings (SSSR count). The average Bonchev–Trinajstić information content (AvgIpc) is 2.07. The Kier molecular flexibility index (Phi) is 2.18. The van der Waals surface area contributed by atoms with Crippen molar-refractivity contribution in [2.45, 2.75) is 19.8 Å². The highest BCUT2D eigenvalue weighted by Crippen LogP contribution is 2.43. The molecule has 0 fully saturated rings. The standard InChI is InChI=1S/C8H11NO4/c1-3(2)4-5(10)6(11)7(12)8(13)9-4/h3,10,12H,1-2H3,(H2,9,11,13). The Morgan fingerprint density at radius 3 is 1.92 bits per heavy atom. The van der Waals surface area contributed by atoms with Crippen LogP contribution in [0.5, 0.6) is 23.1 Å². The molecule has 5 nitrogen and oxygen atoms in total. The zero-order valence-corrected chi connectivity index (χ0v) is 7.31. The lowest BCUT2D eigenvalue weighted by Gasteiger charge is -2.10. The summed E-state index contributed by atoms with van der Waals surface area (Å²) in [6, 6.07) is 0. The molecule has 72 valence electrons. The van der Waals surface area contributed by atoms with E-state index in [1.807, 2.05) is 0 Å². The van der Waals surface area contributed by atoms with Crippen molar-refractivity contribution in [2.75, 3.05) is 0 Å². The summed E-state index contributed by atoms with van der Waals surface area (Å²) < 4.78 is 0. The van der Waals surface area contributed by atoms with Crippen molar-refractivity contribution >= 4 is 0 Å². The second-order valence-electron chi connectivity index (χ2n) is 3.02. The van der Waals surface area contributed by atoms with Crippen molar-refractivity contribution in [2.24, 2.45) is 0 Å². The van der Waals surface area contributed by atoms with Gasteiger partial charge in [-0.15, -0.1) is 0 Å². The molecule has 0 aliphatic carbocycles. The zero-order chi connectivity index (χ0) is 10.2. The molecule has 0 saturated carbocycles. The molecule has 0 aliphatic heterocycles. The highest BCUT2D eigenvalue weighted by Gasteiger charge is 2.19. The molecule has 0 amide bonds. The second kappa shape index (κ2) is 3.01. The van der Waals surface area contributed by atoms with E-state index in [0.29, 0.717) is 0 Å². The van der Waals surface area contributed by atoms with Crippen molar-refractivity contribution in [3.05, 3.63) is 5.69 Å². The fourth-order valence-electron chi connectivity index (χ4n) is 0.962. The Balaban J connectivity index is 3.41. The normalized spacial score (nSPS) is 10.7. The molecule has 0 bridgehead atoms. The van der Waals surface area contributed by atoms with Crippen LogP contribution in [-0.2, 0) is 0 Å². The van der Waals surface area contributed by atoms with Crippen LogP contribution < -0.4 is 0 Å². The van der Waals surface area contributed by atoms with E-state index < -0.39 is 23.1 Å². The zero-order valence-electron chi connectivity index (χ0n) is 7.31. The summed E-state index contributed by atoms with van der Waals surface area (Å²) in [5.74, 6) is -2.88. The van der Waals surface area contributed by atoms with Crippen LogP contribution in [-0.4, -0.2) is 25.4 Å². The molecule has 0 unspecified atom stereocenters. The van der Waals surface area contributed by atoms with Crippen LogP contribution >= 0.6 is 0 Å².